The highest BCUT2D eigenvalue weighted by molar-refractivity contribution is 5.09. The van der Waals surface area contributed by atoms with E-state index in [0.29, 0.717) is 22.9 Å². The third-order valence-electron chi connectivity index (χ3n) is 11.4. The standard InChI is InChI=1S/C28H50O2/c1-18(2)26(29)12-7-19(3)23-10-11-24-22-9-8-20-17-21(30-6)13-15-27(20,4)25(22)14-16-28(23,24)5/h18-26,29H,7-17H2,1-6H3/t19-,20?,21+,22+,23-,24+,25+,26?,27+,28-/m1/s1. The minimum atomic E-state index is -0.120. The number of methoxy groups -OCH3 is 1. The molecule has 0 aromatic rings. The molecule has 1 N–H and O–H groups in total. The van der Waals surface area contributed by atoms with Crippen LogP contribution in [0.5, 0.6) is 0 Å². The van der Waals surface area contributed by atoms with Crippen LogP contribution in [0.15, 0.2) is 0 Å². The largest absolute Gasteiger partial charge is 0.393 e. The lowest BCUT2D eigenvalue weighted by Crippen LogP contribution is -2.54. The van der Waals surface area contributed by atoms with E-state index in [2.05, 4.69) is 34.6 Å². The van der Waals surface area contributed by atoms with Gasteiger partial charge in [-0.3, -0.25) is 0 Å². The molecule has 4 aliphatic carbocycles. The zero-order chi connectivity index (χ0) is 21.7. The number of rotatable bonds is 6. The fraction of sp³-hybridized carbons (Fsp3) is 1.00. The quantitative estimate of drug-likeness (QED) is 0.499. The van der Waals surface area contributed by atoms with E-state index in [1.165, 1.54) is 64.2 Å². The number of ether oxygens (including phenoxy) is 1. The molecule has 174 valence electrons. The molecule has 4 saturated carbocycles. The van der Waals surface area contributed by atoms with E-state index in [-0.39, 0.29) is 6.10 Å². The lowest BCUT2D eigenvalue weighted by Gasteiger charge is -2.61. The summed E-state index contributed by atoms with van der Waals surface area (Å²) >= 11 is 0. The monoisotopic (exact) mass is 418 g/mol. The van der Waals surface area contributed by atoms with Crippen molar-refractivity contribution in [3.05, 3.63) is 0 Å². The number of hydrogen-bond donors (Lipinski definition) is 1. The second kappa shape index (κ2) is 8.69. The fourth-order valence-corrected chi connectivity index (χ4v) is 9.38. The highest BCUT2D eigenvalue weighted by Crippen LogP contribution is 2.68. The van der Waals surface area contributed by atoms with Crippen LogP contribution in [0.3, 0.4) is 0 Å². The maximum atomic E-state index is 10.3. The molecule has 4 aliphatic rings. The zero-order valence-corrected chi connectivity index (χ0v) is 20.8. The lowest BCUT2D eigenvalue weighted by atomic mass is 9.44. The van der Waals surface area contributed by atoms with E-state index in [0.717, 1.165) is 41.9 Å². The first-order valence-corrected chi connectivity index (χ1v) is 13.4. The molecule has 0 aliphatic heterocycles. The van der Waals surface area contributed by atoms with Crippen LogP contribution in [-0.2, 0) is 4.74 Å². The van der Waals surface area contributed by atoms with Crippen LogP contribution in [0.25, 0.3) is 0 Å². The normalized spacial score (nSPS) is 48.0. The molecule has 2 unspecified atom stereocenters. The first-order chi connectivity index (χ1) is 14.2. The van der Waals surface area contributed by atoms with Crippen molar-refractivity contribution >= 4 is 0 Å². The Kier molecular flexibility index (Phi) is 6.69. The van der Waals surface area contributed by atoms with Gasteiger partial charge in [0.05, 0.1) is 12.2 Å². The van der Waals surface area contributed by atoms with Crippen LogP contribution >= 0.6 is 0 Å². The number of fused-ring (bicyclic) bond motifs is 5. The summed E-state index contributed by atoms with van der Waals surface area (Å²) in [7, 11) is 1.92. The molecule has 0 heterocycles. The first-order valence-electron chi connectivity index (χ1n) is 13.4. The van der Waals surface area contributed by atoms with E-state index in [9.17, 15) is 5.11 Å². The van der Waals surface area contributed by atoms with Gasteiger partial charge in [0.15, 0.2) is 0 Å². The van der Waals surface area contributed by atoms with Gasteiger partial charge in [-0.1, -0.05) is 34.6 Å². The Balaban J connectivity index is 1.45. The molecule has 4 fully saturated rings. The highest BCUT2D eigenvalue weighted by atomic mass is 16.5. The number of hydrogen-bond acceptors (Lipinski definition) is 2. The summed E-state index contributed by atoms with van der Waals surface area (Å²) in [6.07, 6.45) is 15.4. The van der Waals surface area contributed by atoms with Gasteiger partial charge >= 0.3 is 0 Å². The van der Waals surface area contributed by atoms with Crippen molar-refractivity contribution in [3.8, 4) is 0 Å². The number of aliphatic hydroxyl groups is 1. The Labute approximate surface area is 186 Å². The van der Waals surface area contributed by atoms with Crippen LogP contribution < -0.4 is 0 Å². The highest BCUT2D eigenvalue weighted by Gasteiger charge is 2.60. The third kappa shape index (κ3) is 3.81. The molecule has 2 heteroatoms. The summed E-state index contributed by atoms with van der Waals surface area (Å²) in [5.41, 5.74) is 1.13. The average molecular weight is 419 g/mol. The van der Waals surface area contributed by atoms with Gasteiger partial charge in [-0.15, -0.1) is 0 Å². The molecular weight excluding hydrogens is 368 g/mol. The van der Waals surface area contributed by atoms with Crippen LogP contribution in [0.1, 0.15) is 105 Å². The summed E-state index contributed by atoms with van der Waals surface area (Å²) < 4.78 is 5.78. The van der Waals surface area contributed by atoms with Gasteiger partial charge in [0, 0.05) is 7.11 Å². The van der Waals surface area contributed by atoms with E-state index < -0.39 is 0 Å². The molecular formula is C28H50O2. The lowest BCUT2D eigenvalue weighted by molar-refractivity contribution is -0.133. The molecule has 10 atom stereocenters. The summed E-state index contributed by atoms with van der Waals surface area (Å²) in [4.78, 5) is 0. The Morgan fingerprint density at radius 3 is 2.27 bits per heavy atom. The summed E-state index contributed by atoms with van der Waals surface area (Å²) in [5.74, 6) is 5.81. The first kappa shape index (κ1) is 23.1. The van der Waals surface area contributed by atoms with E-state index in [4.69, 9.17) is 4.74 Å². The van der Waals surface area contributed by atoms with Crippen molar-refractivity contribution in [2.45, 2.75) is 117 Å². The van der Waals surface area contributed by atoms with Crippen molar-refractivity contribution in [1.82, 2.24) is 0 Å². The van der Waals surface area contributed by atoms with E-state index >= 15 is 0 Å². The Morgan fingerprint density at radius 2 is 1.57 bits per heavy atom. The van der Waals surface area contributed by atoms with E-state index in [1.807, 2.05) is 7.11 Å². The van der Waals surface area contributed by atoms with Gasteiger partial charge in [-0.05, 0) is 123 Å². The smallest absolute Gasteiger partial charge is 0.0574 e. The molecule has 0 saturated heterocycles. The molecule has 0 radical (unpaired) electrons. The Bertz CT molecular complexity index is 587. The van der Waals surface area contributed by atoms with Crippen LogP contribution in [0, 0.1) is 52.3 Å². The van der Waals surface area contributed by atoms with Gasteiger partial charge < -0.3 is 9.84 Å². The van der Waals surface area contributed by atoms with Crippen molar-refractivity contribution in [1.29, 1.82) is 0 Å². The fourth-order valence-electron chi connectivity index (χ4n) is 9.38. The predicted molar refractivity (Wildman–Crippen MR) is 125 cm³/mol. The van der Waals surface area contributed by atoms with Crippen molar-refractivity contribution in [3.63, 3.8) is 0 Å². The van der Waals surface area contributed by atoms with Gasteiger partial charge in [0.1, 0.15) is 0 Å². The molecule has 4 rings (SSSR count). The number of aliphatic hydroxyl groups excluding tert-OH is 1. The Hall–Kier alpha value is -0.0800. The Morgan fingerprint density at radius 1 is 0.867 bits per heavy atom. The summed E-state index contributed by atoms with van der Waals surface area (Å²) in [6, 6.07) is 0. The molecule has 0 spiro atoms. The predicted octanol–water partition coefficient (Wildman–Crippen LogP) is 7.09. The van der Waals surface area contributed by atoms with Gasteiger partial charge in [-0.2, -0.15) is 0 Å². The molecule has 0 amide bonds. The molecule has 30 heavy (non-hydrogen) atoms. The van der Waals surface area contributed by atoms with Gasteiger partial charge in [0.25, 0.3) is 0 Å². The van der Waals surface area contributed by atoms with Crippen LogP contribution in [0.2, 0.25) is 0 Å². The van der Waals surface area contributed by atoms with E-state index in [1.54, 1.807) is 0 Å². The zero-order valence-electron chi connectivity index (χ0n) is 20.8. The summed E-state index contributed by atoms with van der Waals surface area (Å²) in [6.45, 7) is 12.2. The molecule has 0 aromatic carbocycles. The molecule has 0 bridgehead atoms. The molecule has 0 aromatic heterocycles. The van der Waals surface area contributed by atoms with Crippen LogP contribution in [-0.4, -0.2) is 24.4 Å². The van der Waals surface area contributed by atoms with Gasteiger partial charge in [0.2, 0.25) is 0 Å². The maximum Gasteiger partial charge on any atom is 0.0574 e. The maximum absolute atomic E-state index is 10.3. The van der Waals surface area contributed by atoms with Gasteiger partial charge in [-0.25, -0.2) is 0 Å². The SMILES string of the molecule is CO[C@H]1CC[C@@]2(C)C(CC[C@H]3[C@@H]4CC[C@H]([C@H](C)CCC(O)C(C)C)[C@@]4(C)CC[C@@H]32)C1. The minimum Gasteiger partial charge on any atom is -0.393 e. The second-order valence-electron chi connectivity index (χ2n) is 12.9. The third-order valence-corrected chi connectivity index (χ3v) is 11.4. The summed E-state index contributed by atoms with van der Waals surface area (Å²) in [5, 5.41) is 10.3. The minimum absolute atomic E-state index is 0.120. The average Bonchev–Trinajstić information content (AvgIpc) is 3.08. The van der Waals surface area contributed by atoms with Crippen molar-refractivity contribution in [2.75, 3.05) is 7.11 Å². The van der Waals surface area contributed by atoms with Crippen molar-refractivity contribution in [2.24, 2.45) is 52.3 Å². The van der Waals surface area contributed by atoms with Crippen LogP contribution in [0.4, 0.5) is 0 Å². The second-order valence-corrected chi connectivity index (χ2v) is 12.9. The topological polar surface area (TPSA) is 29.5 Å². The molecule has 2 nitrogen and oxygen atoms in total. The van der Waals surface area contributed by atoms with Crippen molar-refractivity contribution < 1.29 is 9.84 Å².